The molecule has 0 unspecified atom stereocenters. The summed E-state index contributed by atoms with van der Waals surface area (Å²) in [6.07, 6.45) is 0.753. The molecular formula is C10H15NO2. The standard InChI is InChI=1S/C10H15NO2/c1-7(11)5-8-3-4-9(12)6-10(8)13-2/h3-4,6-7,12H,5,11H2,1-2H3/t7-/m0/s1. The van der Waals surface area contributed by atoms with E-state index >= 15 is 0 Å². The van der Waals surface area contributed by atoms with Crippen LogP contribution in [0.25, 0.3) is 0 Å². The zero-order chi connectivity index (χ0) is 9.84. The number of benzene rings is 1. The first-order valence-electron chi connectivity index (χ1n) is 4.25. The molecule has 0 aromatic heterocycles. The summed E-state index contributed by atoms with van der Waals surface area (Å²) in [4.78, 5) is 0. The number of nitrogens with two attached hydrogens (primary N) is 1. The van der Waals surface area contributed by atoms with Gasteiger partial charge < -0.3 is 15.6 Å². The molecule has 0 saturated heterocycles. The van der Waals surface area contributed by atoms with Gasteiger partial charge in [-0.2, -0.15) is 0 Å². The second kappa shape index (κ2) is 4.14. The second-order valence-electron chi connectivity index (χ2n) is 3.18. The highest BCUT2D eigenvalue weighted by Gasteiger charge is 2.05. The number of hydrogen-bond donors (Lipinski definition) is 2. The van der Waals surface area contributed by atoms with Crippen LogP contribution in [0.4, 0.5) is 0 Å². The van der Waals surface area contributed by atoms with Crippen molar-refractivity contribution >= 4 is 0 Å². The summed E-state index contributed by atoms with van der Waals surface area (Å²) in [7, 11) is 1.58. The summed E-state index contributed by atoms with van der Waals surface area (Å²) in [5, 5.41) is 9.19. The average Bonchev–Trinajstić information content (AvgIpc) is 2.07. The van der Waals surface area contributed by atoms with E-state index in [1.807, 2.05) is 13.0 Å². The fourth-order valence-electron chi connectivity index (χ4n) is 1.25. The number of hydrogen-bond acceptors (Lipinski definition) is 3. The first-order valence-corrected chi connectivity index (χ1v) is 4.25. The lowest BCUT2D eigenvalue weighted by atomic mass is 10.1. The number of rotatable bonds is 3. The molecule has 3 nitrogen and oxygen atoms in total. The van der Waals surface area contributed by atoms with E-state index in [9.17, 15) is 5.11 Å². The van der Waals surface area contributed by atoms with Gasteiger partial charge in [-0.25, -0.2) is 0 Å². The predicted octanol–water partition coefficient (Wildman–Crippen LogP) is 1.29. The molecule has 3 heteroatoms. The summed E-state index contributed by atoms with van der Waals surface area (Å²) < 4.78 is 5.11. The van der Waals surface area contributed by atoms with Crippen LogP contribution in [0, 0.1) is 0 Å². The smallest absolute Gasteiger partial charge is 0.125 e. The van der Waals surface area contributed by atoms with Gasteiger partial charge in [0.05, 0.1) is 7.11 Å². The Hall–Kier alpha value is -1.22. The maximum atomic E-state index is 9.19. The van der Waals surface area contributed by atoms with Crippen LogP contribution in [0.2, 0.25) is 0 Å². The van der Waals surface area contributed by atoms with Crippen molar-refractivity contribution in [3.63, 3.8) is 0 Å². The SMILES string of the molecule is COc1cc(O)ccc1C[C@H](C)N. The Morgan fingerprint density at radius 2 is 2.23 bits per heavy atom. The molecule has 0 aliphatic heterocycles. The van der Waals surface area contributed by atoms with Gasteiger partial charge in [-0.1, -0.05) is 6.07 Å². The molecular weight excluding hydrogens is 166 g/mol. The highest BCUT2D eigenvalue weighted by atomic mass is 16.5. The van der Waals surface area contributed by atoms with Crippen molar-refractivity contribution in [2.75, 3.05) is 7.11 Å². The maximum Gasteiger partial charge on any atom is 0.125 e. The van der Waals surface area contributed by atoms with E-state index in [4.69, 9.17) is 10.5 Å². The third-order valence-corrected chi connectivity index (χ3v) is 1.81. The molecule has 0 amide bonds. The van der Waals surface area contributed by atoms with Crippen LogP contribution in [-0.2, 0) is 6.42 Å². The number of aromatic hydroxyl groups is 1. The lowest BCUT2D eigenvalue weighted by Gasteiger charge is -2.10. The normalized spacial score (nSPS) is 12.5. The lowest BCUT2D eigenvalue weighted by Crippen LogP contribution is -2.18. The summed E-state index contributed by atoms with van der Waals surface area (Å²) in [6, 6.07) is 5.16. The van der Waals surface area contributed by atoms with Crippen LogP contribution in [-0.4, -0.2) is 18.3 Å². The molecule has 3 N–H and O–H groups in total. The second-order valence-corrected chi connectivity index (χ2v) is 3.18. The van der Waals surface area contributed by atoms with E-state index in [2.05, 4.69) is 0 Å². The minimum absolute atomic E-state index is 0.0958. The monoisotopic (exact) mass is 181 g/mol. The van der Waals surface area contributed by atoms with Crippen LogP contribution in [0.3, 0.4) is 0 Å². The van der Waals surface area contributed by atoms with Crippen molar-refractivity contribution in [2.24, 2.45) is 5.73 Å². The largest absolute Gasteiger partial charge is 0.508 e. The Kier molecular flexibility index (Phi) is 3.14. The Morgan fingerprint density at radius 3 is 2.77 bits per heavy atom. The highest BCUT2D eigenvalue weighted by Crippen LogP contribution is 2.24. The number of phenolic OH excluding ortho intramolecular Hbond substituents is 1. The van der Waals surface area contributed by atoms with Crippen LogP contribution in [0.15, 0.2) is 18.2 Å². The van der Waals surface area contributed by atoms with Crippen LogP contribution in [0.5, 0.6) is 11.5 Å². The molecule has 0 spiro atoms. The van der Waals surface area contributed by atoms with E-state index in [-0.39, 0.29) is 11.8 Å². The van der Waals surface area contributed by atoms with Gasteiger partial charge in [0.15, 0.2) is 0 Å². The lowest BCUT2D eigenvalue weighted by molar-refractivity contribution is 0.401. The van der Waals surface area contributed by atoms with Crippen LogP contribution < -0.4 is 10.5 Å². The molecule has 13 heavy (non-hydrogen) atoms. The van der Waals surface area contributed by atoms with Crippen molar-refractivity contribution in [3.05, 3.63) is 23.8 Å². The zero-order valence-corrected chi connectivity index (χ0v) is 7.95. The molecule has 0 aliphatic rings. The van der Waals surface area contributed by atoms with Crippen molar-refractivity contribution in [1.82, 2.24) is 0 Å². The average molecular weight is 181 g/mol. The third-order valence-electron chi connectivity index (χ3n) is 1.81. The van der Waals surface area contributed by atoms with Gasteiger partial charge in [-0.3, -0.25) is 0 Å². The molecule has 0 bridgehead atoms. The van der Waals surface area contributed by atoms with E-state index in [1.165, 1.54) is 0 Å². The molecule has 0 heterocycles. The van der Waals surface area contributed by atoms with Crippen LogP contribution >= 0.6 is 0 Å². The minimum atomic E-state index is 0.0958. The van der Waals surface area contributed by atoms with Crippen molar-refractivity contribution in [1.29, 1.82) is 0 Å². The Morgan fingerprint density at radius 1 is 1.54 bits per heavy atom. The molecule has 0 fully saturated rings. The quantitative estimate of drug-likeness (QED) is 0.738. The minimum Gasteiger partial charge on any atom is -0.508 e. The number of methoxy groups -OCH3 is 1. The Balaban J connectivity index is 2.92. The summed E-state index contributed by atoms with van der Waals surface area (Å²) in [6.45, 7) is 1.94. The topological polar surface area (TPSA) is 55.5 Å². The highest BCUT2D eigenvalue weighted by molar-refractivity contribution is 5.40. The molecule has 1 aromatic rings. The van der Waals surface area contributed by atoms with E-state index in [0.717, 1.165) is 12.0 Å². The van der Waals surface area contributed by atoms with E-state index in [1.54, 1.807) is 19.2 Å². The fourth-order valence-corrected chi connectivity index (χ4v) is 1.25. The Bertz CT molecular complexity index is 284. The van der Waals surface area contributed by atoms with Gasteiger partial charge in [0, 0.05) is 12.1 Å². The predicted molar refractivity (Wildman–Crippen MR) is 52.0 cm³/mol. The van der Waals surface area contributed by atoms with Gasteiger partial charge >= 0.3 is 0 Å². The molecule has 0 radical (unpaired) electrons. The van der Waals surface area contributed by atoms with Gasteiger partial charge in [-0.15, -0.1) is 0 Å². The van der Waals surface area contributed by atoms with Crippen molar-refractivity contribution in [2.45, 2.75) is 19.4 Å². The zero-order valence-electron chi connectivity index (χ0n) is 7.95. The van der Waals surface area contributed by atoms with Gasteiger partial charge in [-0.05, 0) is 25.0 Å². The molecule has 0 saturated carbocycles. The number of phenols is 1. The van der Waals surface area contributed by atoms with Gasteiger partial charge in [0.1, 0.15) is 11.5 Å². The van der Waals surface area contributed by atoms with Crippen molar-refractivity contribution in [3.8, 4) is 11.5 Å². The summed E-state index contributed by atoms with van der Waals surface area (Å²) in [5.74, 6) is 0.905. The summed E-state index contributed by atoms with van der Waals surface area (Å²) >= 11 is 0. The van der Waals surface area contributed by atoms with E-state index in [0.29, 0.717) is 5.75 Å². The van der Waals surface area contributed by atoms with Crippen LogP contribution in [0.1, 0.15) is 12.5 Å². The first-order chi connectivity index (χ1) is 6.13. The fraction of sp³-hybridized carbons (Fsp3) is 0.400. The summed E-state index contributed by atoms with van der Waals surface area (Å²) in [5.41, 5.74) is 6.69. The Labute approximate surface area is 78.1 Å². The van der Waals surface area contributed by atoms with Gasteiger partial charge in [0.2, 0.25) is 0 Å². The first kappa shape index (κ1) is 9.86. The van der Waals surface area contributed by atoms with Gasteiger partial charge in [0.25, 0.3) is 0 Å². The maximum absolute atomic E-state index is 9.19. The molecule has 1 atom stereocenters. The molecule has 72 valence electrons. The van der Waals surface area contributed by atoms with E-state index < -0.39 is 0 Å². The molecule has 0 aliphatic carbocycles. The number of ether oxygens (including phenoxy) is 1. The molecule has 1 rings (SSSR count). The van der Waals surface area contributed by atoms with Crippen molar-refractivity contribution < 1.29 is 9.84 Å². The molecule has 1 aromatic carbocycles. The third kappa shape index (κ3) is 2.63.